The van der Waals surface area contributed by atoms with Crippen LogP contribution < -0.4 is 5.32 Å². The maximum Gasteiger partial charge on any atom is 0.224 e. The van der Waals surface area contributed by atoms with Gasteiger partial charge in [0, 0.05) is 13.7 Å². The average Bonchev–Trinajstić information content (AvgIpc) is 2.30. The number of aliphatic hydroxyl groups excluding tert-OH is 1. The highest BCUT2D eigenvalue weighted by atomic mass is 16.5. The number of aliphatic hydroxyl groups is 1. The molecule has 1 aromatic rings. The lowest BCUT2D eigenvalue weighted by Gasteiger charge is -2.16. The molecule has 0 bridgehead atoms. The van der Waals surface area contributed by atoms with Crippen LogP contribution in [0.15, 0.2) is 30.3 Å². The van der Waals surface area contributed by atoms with Crippen LogP contribution >= 0.6 is 0 Å². The minimum atomic E-state index is -0.124. The van der Waals surface area contributed by atoms with Gasteiger partial charge in [0.2, 0.25) is 5.91 Å². The summed E-state index contributed by atoms with van der Waals surface area (Å²) in [5, 5.41) is 11.7. The van der Waals surface area contributed by atoms with Crippen molar-refractivity contribution >= 4 is 5.91 Å². The van der Waals surface area contributed by atoms with Crippen molar-refractivity contribution in [3.05, 3.63) is 35.9 Å². The van der Waals surface area contributed by atoms with Crippen LogP contribution in [0.4, 0.5) is 0 Å². The predicted molar refractivity (Wildman–Crippen MR) is 65.7 cm³/mol. The summed E-state index contributed by atoms with van der Waals surface area (Å²) in [5.41, 5.74) is 0.977. The fourth-order valence-electron chi connectivity index (χ4n) is 1.61. The molecule has 0 aliphatic heterocycles. The normalized spacial score (nSPS) is 12.1. The highest BCUT2D eigenvalue weighted by molar-refractivity contribution is 5.78. The lowest BCUT2D eigenvalue weighted by Crippen LogP contribution is -2.39. The Bertz CT molecular complexity index is 321. The molecular weight excluding hydrogens is 218 g/mol. The number of rotatable bonds is 7. The zero-order valence-corrected chi connectivity index (χ0v) is 10.1. The fraction of sp³-hybridized carbons (Fsp3) is 0.462. The highest BCUT2D eigenvalue weighted by Gasteiger charge is 2.11. The Balaban J connectivity index is 2.42. The van der Waals surface area contributed by atoms with Crippen LogP contribution in [0.2, 0.25) is 0 Å². The highest BCUT2D eigenvalue weighted by Crippen LogP contribution is 2.00. The Morgan fingerprint density at radius 3 is 2.71 bits per heavy atom. The van der Waals surface area contributed by atoms with E-state index in [1.165, 1.54) is 0 Å². The molecule has 0 aromatic heterocycles. The van der Waals surface area contributed by atoms with Crippen molar-refractivity contribution < 1.29 is 14.6 Å². The topological polar surface area (TPSA) is 58.6 Å². The van der Waals surface area contributed by atoms with Gasteiger partial charge in [-0.15, -0.1) is 0 Å². The average molecular weight is 237 g/mol. The molecule has 4 heteroatoms. The summed E-state index contributed by atoms with van der Waals surface area (Å²) in [4.78, 5) is 11.7. The number of hydrogen-bond acceptors (Lipinski definition) is 3. The van der Waals surface area contributed by atoms with Crippen LogP contribution in [0.25, 0.3) is 0 Å². The second-order valence-electron chi connectivity index (χ2n) is 3.89. The first-order chi connectivity index (χ1) is 8.26. The Morgan fingerprint density at radius 1 is 1.41 bits per heavy atom. The largest absolute Gasteiger partial charge is 0.396 e. The molecule has 0 saturated carbocycles. The van der Waals surface area contributed by atoms with Gasteiger partial charge in [0.1, 0.15) is 0 Å². The van der Waals surface area contributed by atoms with E-state index in [0.717, 1.165) is 5.56 Å². The van der Waals surface area contributed by atoms with Crippen LogP contribution in [-0.2, 0) is 16.0 Å². The molecule has 1 rings (SSSR count). The SMILES string of the molecule is COCC(CCO)NC(=O)Cc1ccccc1. The van der Waals surface area contributed by atoms with Gasteiger partial charge in [0.05, 0.1) is 19.1 Å². The minimum Gasteiger partial charge on any atom is -0.396 e. The third-order valence-electron chi connectivity index (χ3n) is 2.42. The molecule has 94 valence electrons. The summed E-state index contributed by atoms with van der Waals surface area (Å²) >= 11 is 0. The minimum absolute atomic E-state index is 0.0413. The molecule has 0 spiro atoms. The molecule has 0 aliphatic rings. The van der Waals surface area contributed by atoms with Crippen LogP contribution in [0, 0.1) is 0 Å². The molecule has 1 aromatic carbocycles. The molecule has 0 aliphatic carbocycles. The monoisotopic (exact) mass is 237 g/mol. The van der Waals surface area contributed by atoms with Crippen molar-refractivity contribution in [2.24, 2.45) is 0 Å². The summed E-state index contributed by atoms with van der Waals surface area (Å²) in [6.45, 7) is 0.459. The Hall–Kier alpha value is -1.39. The second kappa shape index (κ2) is 7.81. The molecule has 2 N–H and O–H groups in total. The first-order valence-corrected chi connectivity index (χ1v) is 5.69. The zero-order chi connectivity index (χ0) is 12.5. The van der Waals surface area contributed by atoms with Gasteiger partial charge in [0.15, 0.2) is 0 Å². The number of ether oxygens (including phenoxy) is 1. The lowest BCUT2D eigenvalue weighted by atomic mass is 10.1. The Kier molecular flexibility index (Phi) is 6.29. The second-order valence-corrected chi connectivity index (χ2v) is 3.89. The summed E-state index contributed by atoms with van der Waals surface area (Å²) in [6.07, 6.45) is 0.862. The van der Waals surface area contributed by atoms with Crippen LogP contribution in [0.3, 0.4) is 0 Å². The van der Waals surface area contributed by atoms with Crippen LogP contribution in [-0.4, -0.2) is 37.4 Å². The van der Waals surface area contributed by atoms with E-state index in [0.29, 0.717) is 19.4 Å². The molecular formula is C13H19NO3. The molecule has 1 unspecified atom stereocenters. The molecule has 0 radical (unpaired) electrons. The summed E-state index contributed by atoms with van der Waals surface area (Å²) in [6, 6.07) is 9.43. The quantitative estimate of drug-likeness (QED) is 0.735. The molecule has 4 nitrogen and oxygen atoms in total. The van der Waals surface area contributed by atoms with Crippen LogP contribution in [0.5, 0.6) is 0 Å². The van der Waals surface area contributed by atoms with Crippen molar-refractivity contribution in [3.8, 4) is 0 Å². The van der Waals surface area contributed by atoms with Gasteiger partial charge < -0.3 is 15.2 Å². The predicted octanol–water partition coefficient (Wildman–Crippen LogP) is 0.743. The van der Waals surface area contributed by atoms with E-state index in [1.54, 1.807) is 7.11 Å². The maximum atomic E-state index is 11.7. The van der Waals surface area contributed by atoms with E-state index < -0.39 is 0 Å². The zero-order valence-electron chi connectivity index (χ0n) is 10.1. The van der Waals surface area contributed by atoms with Crippen molar-refractivity contribution in [2.75, 3.05) is 20.3 Å². The van der Waals surface area contributed by atoms with E-state index in [2.05, 4.69) is 5.32 Å². The number of amides is 1. The summed E-state index contributed by atoms with van der Waals surface area (Å²) in [5.74, 6) is -0.0494. The van der Waals surface area contributed by atoms with Gasteiger partial charge in [-0.3, -0.25) is 4.79 Å². The number of nitrogens with one attached hydrogen (secondary N) is 1. The lowest BCUT2D eigenvalue weighted by molar-refractivity contribution is -0.121. The van der Waals surface area contributed by atoms with Crippen molar-refractivity contribution in [2.45, 2.75) is 18.9 Å². The molecule has 1 atom stereocenters. The van der Waals surface area contributed by atoms with E-state index in [1.807, 2.05) is 30.3 Å². The molecule has 0 saturated heterocycles. The van der Waals surface area contributed by atoms with E-state index >= 15 is 0 Å². The number of carbonyl (C=O) groups is 1. The number of hydrogen-bond donors (Lipinski definition) is 2. The summed E-state index contributed by atoms with van der Waals surface area (Å²) in [7, 11) is 1.58. The molecule has 1 amide bonds. The Labute approximate surface area is 102 Å². The third-order valence-corrected chi connectivity index (χ3v) is 2.42. The number of benzene rings is 1. The maximum absolute atomic E-state index is 11.7. The van der Waals surface area contributed by atoms with Crippen molar-refractivity contribution in [1.29, 1.82) is 0 Å². The van der Waals surface area contributed by atoms with Gasteiger partial charge in [-0.25, -0.2) is 0 Å². The fourth-order valence-corrected chi connectivity index (χ4v) is 1.61. The van der Waals surface area contributed by atoms with Gasteiger partial charge in [-0.2, -0.15) is 0 Å². The number of methoxy groups -OCH3 is 1. The van der Waals surface area contributed by atoms with Gasteiger partial charge in [-0.05, 0) is 12.0 Å². The van der Waals surface area contributed by atoms with Gasteiger partial charge >= 0.3 is 0 Å². The van der Waals surface area contributed by atoms with E-state index in [-0.39, 0.29) is 18.6 Å². The third kappa shape index (κ3) is 5.47. The summed E-state index contributed by atoms with van der Waals surface area (Å²) < 4.78 is 4.98. The standard InChI is InChI=1S/C13H19NO3/c1-17-10-12(7-8-15)14-13(16)9-11-5-3-2-4-6-11/h2-6,12,15H,7-10H2,1H3,(H,14,16). The van der Waals surface area contributed by atoms with E-state index in [9.17, 15) is 4.79 Å². The van der Waals surface area contributed by atoms with Crippen molar-refractivity contribution in [1.82, 2.24) is 5.32 Å². The molecule has 0 fully saturated rings. The van der Waals surface area contributed by atoms with E-state index in [4.69, 9.17) is 9.84 Å². The number of carbonyl (C=O) groups excluding carboxylic acids is 1. The first-order valence-electron chi connectivity index (χ1n) is 5.69. The smallest absolute Gasteiger partial charge is 0.224 e. The van der Waals surface area contributed by atoms with Crippen LogP contribution in [0.1, 0.15) is 12.0 Å². The Morgan fingerprint density at radius 2 is 2.12 bits per heavy atom. The molecule has 0 heterocycles. The van der Waals surface area contributed by atoms with Crippen molar-refractivity contribution in [3.63, 3.8) is 0 Å². The van der Waals surface area contributed by atoms with Gasteiger partial charge in [-0.1, -0.05) is 30.3 Å². The first kappa shape index (κ1) is 13.7. The molecule has 17 heavy (non-hydrogen) atoms. The van der Waals surface area contributed by atoms with Gasteiger partial charge in [0.25, 0.3) is 0 Å².